The Bertz CT molecular complexity index is 1080. The number of fused-ring (bicyclic) bond motifs is 1. The molecule has 0 spiro atoms. The number of benzene rings is 2. The number of nitrogens with one attached hydrogen (secondary N) is 3. The second-order valence-electron chi connectivity index (χ2n) is 7.10. The summed E-state index contributed by atoms with van der Waals surface area (Å²) in [6.07, 6.45) is 4.96. The van der Waals surface area contributed by atoms with Crippen molar-refractivity contribution in [3.8, 4) is 0 Å². The topological polar surface area (TPSA) is 87.4 Å². The molecule has 9 heteroatoms. The van der Waals surface area contributed by atoms with Crippen LogP contribution in [0.15, 0.2) is 59.4 Å². The van der Waals surface area contributed by atoms with Crippen LogP contribution >= 0.6 is 23.1 Å². The smallest absolute Gasteiger partial charge is 0.183 e. The minimum Gasteiger partial charge on any atom is -0.378 e. The summed E-state index contributed by atoms with van der Waals surface area (Å²) in [6, 6.07) is 12.8. The highest BCUT2D eigenvalue weighted by Gasteiger charge is 2.05. The van der Waals surface area contributed by atoms with Crippen LogP contribution in [0.2, 0.25) is 0 Å². The predicted molar refractivity (Wildman–Crippen MR) is 130 cm³/mol. The molecule has 162 valence electrons. The number of rotatable bonds is 9. The maximum Gasteiger partial charge on any atom is 0.183 e. The molecule has 3 aromatic rings. The Labute approximate surface area is 189 Å². The minimum atomic E-state index is -0.235. The first kappa shape index (κ1) is 21.5. The minimum absolute atomic E-state index is 0.235. The van der Waals surface area contributed by atoms with E-state index in [1.165, 1.54) is 34.7 Å². The SMILES string of the molecule is NC(=Nc1ccc(CCNc2nc3ccc(F)cc3s2)cc1)SCCCC1=CNCN1. The monoisotopic (exact) mass is 456 g/mol. The van der Waals surface area contributed by atoms with Crippen LogP contribution < -0.4 is 21.7 Å². The van der Waals surface area contributed by atoms with Gasteiger partial charge in [-0.15, -0.1) is 0 Å². The quantitative estimate of drug-likeness (QED) is 0.215. The van der Waals surface area contributed by atoms with Crippen LogP contribution in [-0.2, 0) is 6.42 Å². The van der Waals surface area contributed by atoms with Gasteiger partial charge in [-0.05, 0) is 55.2 Å². The van der Waals surface area contributed by atoms with Gasteiger partial charge in [0, 0.05) is 24.2 Å². The van der Waals surface area contributed by atoms with Crippen LogP contribution in [0.4, 0.5) is 15.2 Å². The zero-order valence-corrected chi connectivity index (χ0v) is 18.7. The molecule has 1 aliphatic rings. The first-order chi connectivity index (χ1) is 15.2. The Morgan fingerprint density at radius 3 is 2.90 bits per heavy atom. The number of anilines is 1. The van der Waals surface area contributed by atoms with Gasteiger partial charge in [-0.1, -0.05) is 35.2 Å². The Hall–Kier alpha value is -2.78. The van der Waals surface area contributed by atoms with Gasteiger partial charge in [0.25, 0.3) is 0 Å². The van der Waals surface area contributed by atoms with Crippen molar-refractivity contribution >= 4 is 49.3 Å². The average Bonchev–Trinajstić information content (AvgIpc) is 3.42. The van der Waals surface area contributed by atoms with Crippen molar-refractivity contribution in [2.75, 3.05) is 24.3 Å². The fraction of sp³-hybridized carbons (Fsp3) is 0.273. The average molecular weight is 457 g/mol. The van der Waals surface area contributed by atoms with Crippen molar-refractivity contribution < 1.29 is 4.39 Å². The second kappa shape index (κ2) is 10.5. The van der Waals surface area contributed by atoms with E-state index in [1.54, 1.807) is 17.8 Å². The van der Waals surface area contributed by atoms with Crippen molar-refractivity contribution in [2.24, 2.45) is 10.7 Å². The zero-order chi connectivity index (χ0) is 21.5. The fourth-order valence-electron chi connectivity index (χ4n) is 3.17. The number of thioether (sulfide) groups is 1. The van der Waals surface area contributed by atoms with Crippen LogP contribution in [0.5, 0.6) is 0 Å². The first-order valence-electron chi connectivity index (χ1n) is 10.2. The Balaban J connectivity index is 1.20. The molecule has 0 fully saturated rings. The Morgan fingerprint density at radius 2 is 2.10 bits per heavy atom. The maximum atomic E-state index is 13.3. The van der Waals surface area contributed by atoms with Gasteiger partial charge in [0.2, 0.25) is 0 Å². The van der Waals surface area contributed by atoms with E-state index in [1.807, 2.05) is 18.3 Å². The summed E-state index contributed by atoms with van der Waals surface area (Å²) in [4.78, 5) is 8.97. The van der Waals surface area contributed by atoms with E-state index in [4.69, 9.17) is 5.73 Å². The van der Waals surface area contributed by atoms with E-state index in [0.29, 0.717) is 5.17 Å². The normalized spacial score (nSPS) is 13.7. The number of nitrogens with two attached hydrogens (primary N) is 1. The molecular formula is C22H25FN6S2. The second-order valence-corrected chi connectivity index (χ2v) is 9.25. The molecule has 1 aromatic heterocycles. The lowest BCUT2D eigenvalue weighted by Gasteiger charge is -2.05. The third-order valence-electron chi connectivity index (χ3n) is 4.75. The van der Waals surface area contributed by atoms with E-state index >= 15 is 0 Å². The molecule has 1 aliphatic heterocycles. The van der Waals surface area contributed by atoms with E-state index in [9.17, 15) is 4.39 Å². The highest BCUT2D eigenvalue weighted by molar-refractivity contribution is 8.13. The van der Waals surface area contributed by atoms with E-state index in [2.05, 4.69) is 38.1 Å². The third kappa shape index (κ3) is 6.35. The van der Waals surface area contributed by atoms with Crippen LogP contribution in [0.25, 0.3) is 10.2 Å². The van der Waals surface area contributed by atoms with Crippen LogP contribution in [-0.4, -0.2) is 29.1 Å². The summed E-state index contributed by atoms with van der Waals surface area (Å²) < 4.78 is 14.2. The Kier molecular flexibility index (Phi) is 7.26. The molecule has 0 bridgehead atoms. The number of thiazole rings is 1. The van der Waals surface area contributed by atoms with Gasteiger partial charge in [-0.2, -0.15) is 0 Å². The molecule has 0 saturated carbocycles. The van der Waals surface area contributed by atoms with E-state index in [0.717, 1.165) is 59.3 Å². The highest BCUT2D eigenvalue weighted by atomic mass is 32.2. The molecule has 0 saturated heterocycles. The van der Waals surface area contributed by atoms with Gasteiger partial charge in [0.05, 0.1) is 22.6 Å². The van der Waals surface area contributed by atoms with Gasteiger partial charge in [-0.25, -0.2) is 14.4 Å². The lowest BCUT2D eigenvalue weighted by Crippen LogP contribution is -2.14. The van der Waals surface area contributed by atoms with Crippen LogP contribution in [0.1, 0.15) is 18.4 Å². The number of hydrogen-bond acceptors (Lipinski definition) is 7. The van der Waals surface area contributed by atoms with Crippen molar-refractivity contribution in [1.29, 1.82) is 0 Å². The molecule has 0 amide bonds. The summed E-state index contributed by atoms with van der Waals surface area (Å²) in [5.74, 6) is 0.706. The van der Waals surface area contributed by atoms with Gasteiger partial charge in [-0.3, -0.25) is 0 Å². The summed E-state index contributed by atoms with van der Waals surface area (Å²) >= 11 is 3.05. The zero-order valence-electron chi connectivity index (χ0n) is 17.0. The summed E-state index contributed by atoms with van der Waals surface area (Å²) in [5.41, 5.74) is 10.2. The number of halogens is 1. The van der Waals surface area contributed by atoms with Crippen LogP contribution in [0, 0.1) is 5.82 Å². The number of aliphatic imine (C=N–C) groups is 1. The van der Waals surface area contributed by atoms with E-state index < -0.39 is 0 Å². The van der Waals surface area contributed by atoms with Gasteiger partial charge in [0.15, 0.2) is 10.3 Å². The summed E-state index contributed by atoms with van der Waals surface area (Å²) in [5, 5.41) is 11.1. The maximum absolute atomic E-state index is 13.3. The molecule has 0 unspecified atom stereocenters. The molecule has 5 N–H and O–H groups in total. The lowest BCUT2D eigenvalue weighted by molar-refractivity contribution is 0.630. The Morgan fingerprint density at radius 1 is 1.23 bits per heavy atom. The molecule has 0 aliphatic carbocycles. The molecule has 0 radical (unpaired) electrons. The summed E-state index contributed by atoms with van der Waals surface area (Å²) in [6.45, 7) is 1.57. The van der Waals surface area contributed by atoms with E-state index in [-0.39, 0.29) is 5.82 Å². The summed E-state index contributed by atoms with van der Waals surface area (Å²) in [7, 11) is 0. The first-order valence-corrected chi connectivity index (χ1v) is 12.0. The van der Waals surface area contributed by atoms with Crippen molar-refractivity contribution in [1.82, 2.24) is 15.6 Å². The molecule has 2 aromatic carbocycles. The van der Waals surface area contributed by atoms with Crippen LogP contribution in [0.3, 0.4) is 0 Å². The largest absolute Gasteiger partial charge is 0.378 e. The number of aromatic nitrogens is 1. The number of hydrogen-bond donors (Lipinski definition) is 4. The van der Waals surface area contributed by atoms with Crippen molar-refractivity contribution in [2.45, 2.75) is 19.3 Å². The molecule has 6 nitrogen and oxygen atoms in total. The lowest BCUT2D eigenvalue weighted by atomic mass is 10.1. The molecule has 4 rings (SSSR count). The fourth-order valence-corrected chi connectivity index (χ4v) is 4.76. The van der Waals surface area contributed by atoms with Gasteiger partial charge in [0.1, 0.15) is 5.82 Å². The molecular weight excluding hydrogens is 431 g/mol. The molecule has 2 heterocycles. The molecule has 0 atom stereocenters. The highest BCUT2D eigenvalue weighted by Crippen LogP contribution is 2.26. The number of allylic oxidation sites excluding steroid dienone is 1. The van der Waals surface area contributed by atoms with Crippen molar-refractivity contribution in [3.05, 3.63) is 65.7 Å². The van der Waals surface area contributed by atoms with Crippen molar-refractivity contribution in [3.63, 3.8) is 0 Å². The third-order valence-corrected chi connectivity index (χ3v) is 6.61. The standard InChI is InChI=1S/C22H25FN6S2/c23-16-5-8-19-20(12-16)31-22(29-19)26-10-9-15-3-6-17(7-4-15)28-21(24)30-11-1-2-18-13-25-14-27-18/h3-8,12-13,25,27H,1-2,9-11,14H2,(H2,24,28)(H,26,29). The number of nitrogens with zero attached hydrogens (tertiary/aromatic N) is 2. The van der Waals surface area contributed by atoms with Gasteiger partial charge < -0.3 is 21.7 Å². The predicted octanol–water partition coefficient (Wildman–Crippen LogP) is 4.54. The molecule has 31 heavy (non-hydrogen) atoms. The van der Waals surface area contributed by atoms with Gasteiger partial charge >= 0.3 is 0 Å². The number of amidine groups is 1.